The topological polar surface area (TPSA) is 95.1 Å². The monoisotopic (exact) mass is 632 g/mol. The second-order valence-corrected chi connectivity index (χ2v) is 12.4. The number of likely N-dealkylation sites (tertiary alicyclic amines) is 1. The molecule has 1 amide bonds. The molecule has 0 unspecified atom stereocenters. The van der Waals surface area contributed by atoms with Gasteiger partial charge in [-0.05, 0) is 97.1 Å². The maximum Gasteiger partial charge on any atom is 0.237 e. The lowest BCUT2D eigenvalue weighted by molar-refractivity contribution is -0.132. The van der Waals surface area contributed by atoms with Crippen LogP contribution < -0.4 is 0 Å². The number of amides is 1. The van der Waals surface area contributed by atoms with Crippen molar-refractivity contribution in [2.24, 2.45) is 5.92 Å². The van der Waals surface area contributed by atoms with Crippen LogP contribution in [0.2, 0.25) is 0 Å². The number of fused-ring (bicyclic) bond motifs is 1. The van der Waals surface area contributed by atoms with Crippen LogP contribution in [0.5, 0.6) is 0 Å². The highest BCUT2D eigenvalue weighted by molar-refractivity contribution is 5.94. The van der Waals surface area contributed by atoms with Crippen LogP contribution in [0.15, 0.2) is 79.1 Å². The molecule has 47 heavy (non-hydrogen) atoms. The number of hydrogen-bond acceptors (Lipinski definition) is 6. The largest absolute Gasteiger partial charge is 0.338 e. The molecule has 0 radical (unpaired) electrons. The fraction of sp³-hybridized carbons (Fsp3) is 0.270. The Kier molecular flexibility index (Phi) is 8.43. The van der Waals surface area contributed by atoms with Gasteiger partial charge in [-0.3, -0.25) is 19.6 Å². The third-order valence-electron chi connectivity index (χ3n) is 9.13. The molecule has 4 heterocycles. The van der Waals surface area contributed by atoms with Gasteiger partial charge >= 0.3 is 0 Å². The quantitative estimate of drug-likeness (QED) is 0.225. The highest BCUT2D eigenvalue weighted by Crippen LogP contribution is 2.30. The van der Waals surface area contributed by atoms with Gasteiger partial charge in [-0.15, -0.1) is 0 Å². The van der Waals surface area contributed by atoms with Crippen molar-refractivity contribution in [3.63, 3.8) is 0 Å². The lowest BCUT2D eigenvalue weighted by Crippen LogP contribution is -2.41. The molecule has 1 atom stereocenters. The van der Waals surface area contributed by atoms with Crippen LogP contribution in [0.1, 0.15) is 29.5 Å². The Morgan fingerprint density at radius 1 is 0.957 bits per heavy atom. The molecule has 10 heteroatoms. The van der Waals surface area contributed by atoms with Gasteiger partial charge in [-0.2, -0.15) is 5.10 Å². The second-order valence-electron chi connectivity index (χ2n) is 12.4. The minimum Gasteiger partial charge on any atom is -0.338 e. The molecule has 0 saturated carbocycles. The van der Waals surface area contributed by atoms with E-state index in [0.29, 0.717) is 50.4 Å². The van der Waals surface area contributed by atoms with Crippen molar-refractivity contribution in [1.29, 1.82) is 0 Å². The van der Waals surface area contributed by atoms with Gasteiger partial charge in [0.25, 0.3) is 0 Å². The number of aromatic nitrogens is 4. The Morgan fingerprint density at radius 3 is 2.49 bits per heavy atom. The summed E-state index contributed by atoms with van der Waals surface area (Å²) in [5.74, 6) is -0.266. The van der Waals surface area contributed by atoms with E-state index in [2.05, 4.69) is 25.1 Å². The summed E-state index contributed by atoms with van der Waals surface area (Å²) >= 11 is 0. The fourth-order valence-electron chi connectivity index (χ4n) is 6.46. The van der Waals surface area contributed by atoms with Crippen LogP contribution in [0.4, 0.5) is 8.78 Å². The minimum absolute atomic E-state index is 0.0326. The van der Waals surface area contributed by atoms with Crippen molar-refractivity contribution >= 4 is 28.2 Å². The van der Waals surface area contributed by atoms with E-state index in [1.807, 2.05) is 42.2 Å². The third kappa shape index (κ3) is 6.59. The predicted molar refractivity (Wildman–Crippen MR) is 176 cm³/mol. The molecular formula is C37H34F2N6O2. The van der Waals surface area contributed by atoms with E-state index in [-0.39, 0.29) is 35.8 Å². The molecular weight excluding hydrogens is 598 g/mol. The summed E-state index contributed by atoms with van der Waals surface area (Å²) in [5.41, 5.74) is 6.35. The summed E-state index contributed by atoms with van der Waals surface area (Å²) in [4.78, 5) is 38.8. The van der Waals surface area contributed by atoms with Crippen LogP contribution in [0.3, 0.4) is 0 Å². The number of nitrogens with one attached hydrogen (secondary N) is 1. The summed E-state index contributed by atoms with van der Waals surface area (Å²) in [6, 6.07) is 17.1. The minimum atomic E-state index is -0.374. The third-order valence-corrected chi connectivity index (χ3v) is 9.13. The molecule has 8 nitrogen and oxygen atoms in total. The van der Waals surface area contributed by atoms with Crippen LogP contribution in [0.25, 0.3) is 39.1 Å². The molecule has 3 aromatic carbocycles. The number of H-pyrrole nitrogens is 1. The Morgan fingerprint density at radius 2 is 1.74 bits per heavy atom. The van der Waals surface area contributed by atoms with E-state index < -0.39 is 0 Å². The SMILES string of the molecule is Cc1cnc(-c2ccc(C3=CCN(C(=O)CN4CC[C@@H](C(=O)Cc5ccc6[nH]nc(-c7ccc(F)cc7)c6c5)C4)CC3)cc2F)nc1. The molecule has 2 aliphatic heterocycles. The average molecular weight is 633 g/mol. The van der Waals surface area contributed by atoms with E-state index in [9.17, 15) is 18.4 Å². The Balaban J connectivity index is 0.926. The Labute approximate surface area is 271 Å². The molecule has 1 fully saturated rings. The predicted octanol–water partition coefficient (Wildman–Crippen LogP) is 6.02. The van der Waals surface area contributed by atoms with Crippen LogP contribution in [-0.4, -0.2) is 74.4 Å². The van der Waals surface area contributed by atoms with Crippen molar-refractivity contribution in [3.8, 4) is 22.6 Å². The Hall–Kier alpha value is -5.09. The molecule has 2 aliphatic rings. The van der Waals surface area contributed by atoms with Crippen molar-refractivity contribution < 1.29 is 18.4 Å². The standard InChI is InChI=1S/C37H34F2N6O2/c1-23-19-40-37(41-20-23)30-8-5-27(18-32(30)39)25-11-14-45(15-12-25)35(47)22-44-13-10-28(21-44)34(46)17-24-2-9-33-31(16-24)36(43-42-33)26-3-6-29(38)7-4-26/h2-9,11,16,18-20,28H,10,12-15,17,21-22H2,1H3,(H,42,43)/t28-/m1/s1. The van der Waals surface area contributed by atoms with Crippen molar-refractivity contribution in [3.05, 3.63) is 107 Å². The van der Waals surface area contributed by atoms with Gasteiger partial charge in [0.1, 0.15) is 17.4 Å². The summed E-state index contributed by atoms with van der Waals surface area (Å²) in [6.07, 6.45) is 6.99. The summed E-state index contributed by atoms with van der Waals surface area (Å²) in [5, 5.41) is 8.31. The van der Waals surface area contributed by atoms with Crippen molar-refractivity contribution in [2.45, 2.75) is 26.2 Å². The summed E-state index contributed by atoms with van der Waals surface area (Å²) in [7, 11) is 0. The number of hydrogen-bond donors (Lipinski definition) is 1. The number of rotatable bonds is 8. The van der Waals surface area contributed by atoms with Gasteiger partial charge in [0.2, 0.25) is 5.91 Å². The number of ketones is 1. The number of aryl methyl sites for hydroxylation is 1. The first kappa shape index (κ1) is 30.6. The highest BCUT2D eigenvalue weighted by Gasteiger charge is 2.30. The molecule has 2 aromatic heterocycles. The maximum absolute atomic E-state index is 15.0. The number of aromatic amines is 1. The van der Waals surface area contributed by atoms with E-state index in [4.69, 9.17) is 0 Å². The van der Waals surface area contributed by atoms with Gasteiger partial charge in [0, 0.05) is 55.3 Å². The van der Waals surface area contributed by atoms with Crippen LogP contribution in [-0.2, 0) is 16.0 Å². The van der Waals surface area contributed by atoms with Crippen LogP contribution in [0, 0.1) is 24.5 Å². The molecule has 1 N–H and O–H groups in total. The number of carbonyl (C=O) groups excluding carboxylic acids is 2. The van der Waals surface area contributed by atoms with Gasteiger partial charge in [-0.25, -0.2) is 18.7 Å². The number of carbonyl (C=O) groups is 2. The van der Waals surface area contributed by atoms with Gasteiger partial charge in [-0.1, -0.05) is 18.2 Å². The second kappa shape index (κ2) is 13.0. The van der Waals surface area contributed by atoms with E-state index in [0.717, 1.165) is 50.8 Å². The van der Waals surface area contributed by atoms with Crippen molar-refractivity contribution in [1.82, 2.24) is 30.0 Å². The summed E-state index contributed by atoms with van der Waals surface area (Å²) in [6.45, 7) is 4.44. The van der Waals surface area contributed by atoms with Crippen molar-refractivity contribution in [2.75, 3.05) is 32.7 Å². The number of halogens is 2. The lowest BCUT2D eigenvalue weighted by atomic mass is 9.96. The van der Waals surface area contributed by atoms with Crippen LogP contribution >= 0.6 is 0 Å². The van der Waals surface area contributed by atoms with Gasteiger partial charge in [0.15, 0.2) is 5.82 Å². The van der Waals surface area contributed by atoms with E-state index in [1.54, 1.807) is 30.6 Å². The molecule has 5 aromatic rings. The molecule has 0 bridgehead atoms. The normalized spacial score (nSPS) is 16.9. The van der Waals surface area contributed by atoms with E-state index >= 15 is 0 Å². The first-order chi connectivity index (χ1) is 22.8. The molecule has 1 saturated heterocycles. The number of Topliss-reactive ketones (excluding diaryl/α,β-unsaturated/α-hetero) is 1. The zero-order valence-corrected chi connectivity index (χ0v) is 26.0. The Bertz CT molecular complexity index is 1990. The smallest absolute Gasteiger partial charge is 0.237 e. The molecule has 238 valence electrons. The molecule has 0 aliphatic carbocycles. The fourth-order valence-corrected chi connectivity index (χ4v) is 6.46. The zero-order chi connectivity index (χ0) is 32.5. The number of nitrogens with zero attached hydrogens (tertiary/aromatic N) is 5. The number of benzene rings is 3. The molecule has 0 spiro atoms. The first-order valence-corrected chi connectivity index (χ1v) is 15.8. The highest BCUT2D eigenvalue weighted by atomic mass is 19.1. The zero-order valence-electron chi connectivity index (χ0n) is 26.0. The van der Waals surface area contributed by atoms with Gasteiger partial charge in [0.05, 0.1) is 23.3 Å². The summed E-state index contributed by atoms with van der Waals surface area (Å²) < 4.78 is 28.4. The van der Waals surface area contributed by atoms with Gasteiger partial charge < -0.3 is 4.90 Å². The lowest BCUT2D eigenvalue weighted by Gasteiger charge is -2.28. The average Bonchev–Trinajstić information content (AvgIpc) is 3.73. The molecule has 7 rings (SSSR count). The van der Waals surface area contributed by atoms with E-state index in [1.165, 1.54) is 18.2 Å². The maximum atomic E-state index is 15.0. The first-order valence-electron chi connectivity index (χ1n) is 15.8.